The highest BCUT2D eigenvalue weighted by Gasteiger charge is 2.07. The number of carbonyl (C=O) groups is 1. The third-order valence-corrected chi connectivity index (χ3v) is 2.79. The fraction of sp³-hybridized carbons (Fsp3) is 0.0667. The standard InChI is InChI=1S/C15H14FN3O/c1-10(11-6-8-12(16)9-7-11)18-19-15(20)13-4-2-3-5-14(13)17/h2-9H,17H2,1H3,(H,19,20)/b18-10-. The van der Waals surface area contributed by atoms with Crippen LogP contribution in [0.25, 0.3) is 0 Å². The van der Waals surface area contributed by atoms with Crippen molar-refractivity contribution in [2.75, 3.05) is 5.73 Å². The number of amides is 1. The Bertz CT molecular complexity index is 650. The summed E-state index contributed by atoms with van der Waals surface area (Å²) in [7, 11) is 0. The van der Waals surface area contributed by atoms with Gasteiger partial charge in [-0.15, -0.1) is 0 Å². The number of benzene rings is 2. The number of para-hydroxylation sites is 1. The monoisotopic (exact) mass is 271 g/mol. The summed E-state index contributed by atoms with van der Waals surface area (Å²) < 4.78 is 12.8. The van der Waals surface area contributed by atoms with Crippen molar-refractivity contribution in [3.8, 4) is 0 Å². The lowest BCUT2D eigenvalue weighted by molar-refractivity contribution is 0.0955. The average molecular weight is 271 g/mol. The molecule has 0 aromatic heterocycles. The Balaban J connectivity index is 2.11. The molecule has 0 atom stereocenters. The van der Waals surface area contributed by atoms with Crippen molar-refractivity contribution in [3.63, 3.8) is 0 Å². The second kappa shape index (κ2) is 5.97. The normalized spacial score (nSPS) is 11.2. The third kappa shape index (κ3) is 3.20. The Hall–Kier alpha value is -2.69. The lowest BCUT2D eigenvalue weighted by Gasteiger charge is -2.05. The fourth-order valence-electron chi connectivity index (χ4n) is 1.65. The summed E-state index contributed by atoms with van der Waals surface area (Å²) in [6.07, 6.45) is 0. The first-order chi connectivity index (χ1) is 9.58. The van der Waals surface area contributed by atoms with E-state index in [1.54, 1.807) is 43.3 Å². The number of nitrogens with one attached hydrogen (secondary N) is 1. The predicted molar refractivity (Wildman–Crippen MR) is 76.9 cm³/mol. The maximum Gasteiger partial charge on any atom is 0.273 e. The molecule has 2 rings (SSSR count). The zero-order chi connectivity index (χ0) is 14.5. The number of hydrogen-bond acceptors (Lipinski definition) is 3. The minimum absolute atomic E-state index is 0.317. The van der Waals surface area contributed by atoms with Crippen molar-refractivity contribution >= 4 is 17.3 Å². The molecular formula is C15H14FN3O. The van der Waals surface area contributed by atoms with Crippen LogP contribution >= 0.6 is 0 Å². The van der Waals surface area contributed by atoms with Crippen molar-refractivity contribution < 1.29 is 9.18 Å². The molecule has 0 saturated carbocycles. The first-order valence-electron chi connectivity index (χ1n) is 6.03. The summed E-state index contributed by atoms with van der Waals surface area (Å²) >= 11 is 0. The van der Waals surface area contributed by atoms with E-state index < -0.39 is 0 Å². The van der Waals surface area contributed by atoms with Gasteiger partial charge >= 0.3 is 0 Å². The van der Waals surface area contributed by atoms with E-state index in [0.717, 1.165) is 5.56 Å². The molecule has 0 aliphatic carbocycles. The first kappa shape index (κ1) is 13.7. The van der Waals surface area contributed by atoms with E-state index in [9.17, 15) is 9.18 Å². The van der Waals surface area contributed by atoms with E-state index in [-0.39, 0.29) is 11.7 Å². The van der Waals surface area contributed by atoms with Gasteiger partial charge in [-0.3, -0.25) is 4.79 Å². The molecule has 102 valence electrons. The van der Waals surface area contributed by atoms with E-state index in [0.29, 0.717) is 17.0 Å². The highest BCUT2D eigenvalue weighted by molar-refractivity contribution is 6.02. The number of nitrogen functional groups attached to an aromatic ring is 1. The SMILES string of the molecule is C/C(=N/NC(=O)c1ccccc1N)c1ccc(F)cc1. The summed E-state index contributed by atoms with van der Waals surface area (Å²) in [5, 5.41) is 3.98. The molecule has 20 heavy (non-hydrogen) atoms. The number of nitrogens with two attached hydrogens (primary N) is 1. The van der Waals surface area contributed by atoms with Crippen LogP contribution in [0.3, 0.4) is 0 Å². The highest BCUT2D eigenvalue weighted by atomic mass is 19.1. The van der Waals surface area contributed by atoms with Crippen molar-refractivity contribution in [3.05, 3.63) is 65.5 Å². The number of nitrogens with zero attached hydrogens (tertiary/aromatic N) is 1. The minimum Gasteiger partial charge on any atom is -0.398 e. The van der Waals surface area contributed by atoms with E-state index in [4.69, 9.17) is 5.73 Å². The average Bonchev–Trinajstić information content (AvgIpc) is 2.45. The van der Waals surface area contributed by atoms with Crippen LogP contribution in [-0.2, 0) is 0 Å². The fourth-order valence-corrected chi connectivity index (χ4v) is 1.65. The summed E-state index contributed by atoms with van der Waals surface area (Å²) in [6.45, 7) is 1.72. The molecule has 0 spiro atoms. The lowest BCUT2D eigenvalue weighted by atomic mass is 10.1. The molecule has 2 aromatic rings. The van der Waals surface area contributed by atoms with Gasteiger partial charge in [0.2, 0.25) is 0 Å². The van der Waals surface area contributed by atoms with Gasteiger partial charge in [-0.05, 0) is 36.8 Å². The van der Waals surface area contributed by atoms with Crippen molar-refractivity contribution in [1.82, 2.24) is 5.43 Å². The molecule has 2 aromatic carbocycles. The second-order valence-corrected chi connectivity index (χ2v) is 4.23. The first-order valence-corrected chi connectivity index (χ1v) is 6.03. The third-order valence-electron chi connectivity index (χ3n) is 2.79. The molecule has 0 fully saturated rings. The van der Waals surface area contributed by atoms with Crippen LogP contribution in [0, 0.1) is 5.82 Å². The molecule has 0 heterocycles. The summed E-state index contributed by atoms with van der Waals surface area (Å²) in [4.78, 5) is 11.9. The van der Waals surface area contributed by atoms with E-state index in [1.807, 2.05) is 0 Å². The van der Waals surface area contributed by atoms with E-state index in [2.05, 4.69) is 10.5 Å². The molecule has 1 amide bonds. The molecule has 0 aliphatic heterocycles. The van der Waals surface area contributed by atoms with Gasteiger partial charge in [0.15, 0.2) is 0 Å². The summed E-state index contributed by atoms with van der Waals surface area (Å²) in [5.74, 6) is -0.702. The van der Waals surface area contributed by atoms with Gasteiger partial charge in [-0.2, -0.15) is 5.10 Å². The maximum absolute atomic E-state index is 12.8. The predicted octanol–water partition coefficient (Wildman–Crippen LogP) is 2.56. The maximum atomic E-state index is 12.8. The summed E-state index contributed by atoms with van der Waals surface area (Å²) in [5.41, 5.74) is 10.2. The molecule has 0 unspecified atom stereocenters. The second-order valence-electron chi connectivity index (χ2n) is 4.23. The van der Waals surface area contributed by atoms with E-state index in [1.165, 1.54) is 12.1 Å². The van der Waals surface area contributed by atoms with Crippen LogP contribution in [0.15, 0.2) is 53.6 Å². The van der Waals surface area contributed by atoms with Crippen LogP contribution in [0.4, 0.5) is 10.1 Å². The van der Waals surface area contributed by atoms with Gasteiger partial charge in [0.1, 0.15) is 5.82 Å². The quantitative estimate of drug-likeness (QED) is 0.512. The molecule has 5 heteroatoms. The Morgan fingerprint density at radius 2 is 1.80 bits per heavy atom. The molecular weight excluding hydrogens is 257 g/mol. The van der Waals surface area contributed by atoms with Crippen LogP contribution in [0.2, 0.25) is 0 Å². The summed E-state index contributed by atoms with van der Waals surface area (Å²) in [6, 6.07) is 12.6. The smallest absolute Gasteiger partial charge is 0.273 e. The van der Waals surface area contributed by atoms with Crippen LogP contribution in [0.1, 0.15) is 22.8 Å². The van der Waals surface area contributed by atoms with Crippen molar-refractivity contribution in [1.29, 1.82) is 0 Å². The Morgan fingerprint density at radius 3 is 2.45 bits per heavy atom. The lowest BCUT2D eigenvalue weighted by Crippen LogP contribution is -2.20. The number of hydrogen-bond donors (Lipinski definition) is 2. The van der Waals surface area contributed by atoms with Crippen LogP contribution < -0.4 is 11.2 Å². The van der Waals surface area contributed by atoms with Crippen molar-refractivity contribution in [2.24, 2.45) is 5.10 Å². The largest absolute Gasteiger partial charge is 0.398 e. The Kier molecular flexibility index (Phi) is 4.10. The minimum atomic E-state index is -0.385. The van der Waals surface area contributed by atoms with Gasteiger partial charge in [-0.1, -0.05) is 24.3 Å². The number of anilines is 1. The number of rotatable bonds is 3. The Morgan fingerprint density at radius 1 is 1.15 bits per heavy atom. The van der Waals surface area contributed by atoms with Crippen LogP contribution in [-0.4, -0.2) is 11.6 Å². The van der Waals surface area contributed by atoms with Gasteiger partial charge in [0.05, 0.1) is 11.3 Å². The Labute approximate surface area is 116 Å². The van der Waals surface area contributed by atoms with Gasteiger partial charge in [0.25, 0.3) is 5.91 Å². The molecule has 0 bridgehead atoms. The van der Waals surface area contributed by atoms with Crippen LogP contribution in [0.5, 0.6) is 0 Å². The zero-order valence-corrected chi connectivity index (χ0v) is 10.9. The molecule has 3 N–H and O–H groups in total. The van der Waals surface area contributed by atoms with Gasteiger partial charge in [-0.25, -0.2) is 9.82 Å². The number of halogens is 1. The number of carbonyl (C=O) groups excluding carboxylic acids is 1. The molecule has 4 nitrogen and oxygen atoms in total. The van der Waals surface area contributed by atoms with Gasteiger partial charge in [0, 0.05) is 5.69 Å². The van der Waals surface area contributed by atoms with E-state index >= 15 is 0 Å². The molecule has 0 saturated heterocycles. The molecule has 0 aliphatic rings. The zero-order valence-electron chi connectivity index (χ0n) is 10.9. The topological polar surface area (TPSA) is 67.5 Å². The number of hydrazone groups is 1. The van der Waals surface area contributed by atoms with Gasteiger partial charge < -0.3 is 5.73 Å². The highest BCUT2D eigenvalue weighted by Crippen LogP contribution is 2.10. The molecule has 0 radical (unpaired) electrons. The van der Waals surface area contributed by atoms with Crippen molar-refractivity contribution in [2.45, 2.75) is 6.92 Å².